The number of nitrogens with two attached hydrogens (primary N) is 1. The Hall–Kier alpha value is -6.14. The zero-order valence-corrected chi connectivity index (χ0v) is 31.1. The van der Waals surface area contributed by atoms with E-state index >= 15 is 0 Å². The normalized spacial score (nSPS) is 10.7. The van der Waals surface area contributed by atoms with Gasteiger partial charge in [-0.05, 0) is 121 Å². The lowest BCUT2D eigenvalue weighted by molar-refractivity contribution is 0.0696. The molecular weight excluding hydrogens is 709 g/mol. The monoisotopic (exact) mass is 762 g/mol. The zero-order chi connectivity index (χ0) is 39.2. The Labute approximate surface area is 330 Å². The number of ketones is 3. The van der Waals surface area contributed by atoms with Gasteiger partial charge >= 0.3 is 5.97 Å². The maximum Gasteiger partial charge on any atom is 0.335 e. The molecule has 0 aliphatic rings. The molecule has 11 heteroatoms. The van der Waals surface area contributed by atoms with Gasteiger partial charge < -0.3 is 15.7 Å². The van der Waals surface area contributed by atoms with Crippen molar-refractivity contribution in [2.24, 2.45) is 5.90 Å². The molecule has 5 aromatic carbocycles. The number of nitrogens with one attached hydrogen (secondary N) is 3. The molecule has 5 rings (SSSR count). The van der Waals surface area contributed by atoms with Crippen molar-refractivity contribution in [2.75, 3.05) is 30.2 Å². The molecule has 1 atom stereocenters. The molecule has 0 bridgehead atoms. The van der Waals surface area contributed by atoms with Crippen LogP contribution >= 0.6 is 0 Å². The molecule has 0 saturated heterocycles. The van der Waals surface area contributed by atoms with Gasteiger partial charge in [-0.1, -0.05) is 58.2 Å². The Balaban J connectivity index is 0.000000389. The van der Waals surface area contributed by atoms with Crippen molar-refractivity contribution >= 4 is 40.4 Å². The maximum absolute atomic E-state index is 13.0. The van der Waals surface area contributed by atoms with Crippen LogP contribution in [0.2, 0.25) is 0 Å². The van der Waals surface area contributed by atoms with Crippen molar-refractivity contribution < 1.29 is 34.0 Å². The predicted octanol–water partition coefficient (Wildman–Crippen LogP) is 9.34. The van der Waals surface area contributed by atoms with Crippen LogP contribution in [0.5, 0.6) is 0 Å². The number of hydrogen-bond donors (Lipinski definition) is 5. The molecule has 296 valence electrons. The Morgan fingerprint density at radius 2 is 1.11 bits per heavy atom. The molecule has 0 saturated carbocycles. The number of carbonyl (C=O) groups is 4. The average molecular weight is 763 g/mol. The van der Waals surface area contributed by atoms with Crippen molar-refractivity contribution in [2.45, 2.75) is 61.2 Å². The van der Waals surface area contributed by atoms with Crippen LogP contribution in [0.4, 0.5) is 17.1 Å². The molecule has 0 heterocycles. The highest BCUT2D eigenvalue weighted by Gasteiger charge is 2.19. The second-order valence-electron chi connectivity index (χ2n) is 12.6. The molecule has 0 amide bonds. The molecule has 0 spiro atoms. The van der Waals surface area contributed by atoms with E-state index in [1.165, 1.54) is 31.5 Å². The number of carbonyl (C=O) groups excluding carboxylic acids is 3. The molecule has 11 nitrogen and oxygen atoms in total. The summed E-state index contributed by atoms with van der Waals surface area (Å²) >= 11 is 0. The van der Waals surface area contributed by atoms with Crippen LogP contribution in [0.3, 0.4) is 0 Å². The fraction of sp³-hybridized carbons (Fsp3) is 0.244. The molecule has 1 unspecified atom stereocenters. The van der Waals surface area contributed by atoms with Crippen LogP contribution in [0.25, 0.3) is 0 Å². The molecule has 6 N–H and O–H groups in total. The van der Waals surface area contributed by atoms with Crippen LogP contribution in [-0.2, 0) is 29.1 Å². The van der Waals surface area contributed by atoms with Gasteiger partial charge in [-0.2, -0.15) is 0 Å². The third kappa shape index (κ3) is 13.0. The Kier molecular flexibility index (Phi) is 18.3. The van der Waals surface area contributed by atoms with Crippen LogP contribution in [-0.4, -0.2) is 42.5 Å². The van der Waals surface area contributed by atoms with Crippen LogP contribution in [0.1, 0.15) is 111 Å². The van der Waals surface area contributed by atoms with E-state index in [9.17, 15) is 19.2 Å². The smallest absolute Gasteiger partial charge is 0.335 e. The lowest BCUT2D eigenvalue weighted by atomic mass is 9.93. The van der Waals surface area contributed by atoms with Crippen molar-refractivity contribution in [3.8, 4) is 0 Å². The van der Waals surface area contributed by atoms with Gasteiger partial charge in [0.2, 0.25) is 0 Å². The van der Waals surface area contributed by atoms with Crippen LogP contribution < -0.4 is 22.0 Å². The van der Waals surface area contributed by atoms with Crippen molar-refractivity contribution in [3.05, 3.63) is 159 Å². The first-order valence-corrected chi connectivity index (χ1v) is 17.4. The Morgan fingerprint density at radius 3 is 1.62 bits per heavy atom. The minimum Gasteiger partial charge on any atom is -0.478 e. The van der Waals surface area contributed by atoms with Gasteiger partial charge in [-0.15, -0.1) is 0 Å². The van der Waals surface area contributed by atoms with Crippen molar-refractivity contribution in [1.82, 2.24) is 0 Å². The molecule has 5 aromatic rings. The molecule has 56 heavy (non-hydrogen) atoms. The highest BCUT2D eigenvalue weighted by Crippen LogP contribution is 2.28. The van der Waals surface area contributed by atoms with Gasteiger partial charge in [-0.3, -0.25) is 29.5 Å². The van der Waals surface area contributed by atoms with Gasteiger partial charge in [0.15, 0.2) is 17.3 Å². The van der Waals surface area contributed by atoms with Gasteiger partial charge in [0.05, 0.1) is 17.9 Å². The third-order valence-electron chi connectivity index (χ3n) is 8.67. The molecule has 0 fully saturated rings. The molecule has 0 aliphatic carbocycles. The summed E-state index contributed by atoms with van der Waals surface area (Å²) in [5, 5.41) is 15.2. The topological polar surface area (TPSA) is 169 Å². The SMILES string of the molecule is C.C.CCc1ccc(NOCc2cc(C(C)=O)cc(C(=O)O)c2)cc1.CNc1ccc(CC(=O)c2cc(C(C)=O)cc(C(ON)c3ccc(NC)cc3)c2)cc1. The summed E-state index contributed by atoms with van der Waals surface area (Å²) in [6, 6.07) is 32.7. The van der Waals surface area contributed by atoms with Crippen molar-refractivity contribution in [1.29, 1.82) is 0 Å². The molecule has 0 aliphatic heterocycles. The number of anilines is 3. The van der Waals surface area contributed by atoms with E-state index in [2.05, 4.69) is 23.0 Å². The average Bonchev–Trinajstić information content (AvgIpc) is 3.19. The second-order valence-corrected chi connectivity index (χ2v) is 12.6. The summed E-state index contributed by atoms with van der Waals surface area (Å²) < 4.78 is 0. The molecule has 0 radical (unpaired) electrons. The van der Waals surface area contributed by atoms with E-state index in [0.29, 0.717) is 27.8 Å². The number of benzene rings is 5. The Morgan fingerprint density at radius 1 is 0.625 bits per heavy atom. The van der Waals surface area contributed by atoms with Gasteiger partial charge in [0.1, 0.15) is 6.10 Å². The van der Waals surface area contributed by atoms with E-state index in [1.807, 2.05) is 86.9 Å². The van der Waals surface area contributed by atoms with E-state index in [1.54, 1.807) is 24.3 Å². The zero-order valence-electron chi connectivity index (χ0n) is 31.1. The fourth-order valence-corrected chi connectivity index (χ4v) is 5.53. The number of carboxylic acid groups (broad SMARTS) is 1. The molecular formula is C45H54N4O7. The van der Waals surface area contributed by atoms with E-state index < -0.39 is 12.1 Å². The van der Waals surface area contributed by atoms with Gasteiger partial charge in [0.25, 0.3) is 0 Å². The number of rotatable bonds is 16. The van der Waals surface area contributed by atoms with Crippen LogP contribution in [0.15, 0.2) is 109 Å². The van der Waals surface area contributed by atoms with E-state index in [-0.39, 0.29) is 50.8 Å². The van der Waals surface area contributed by atoms with Gasteiger partial charge in [0, 0.05) is 48.6 Å². The predicted molar refractivity (Wildman–Crippen MR) is 225 cm³/mol. The first-order valence-electron chi connectivity index (χ1n) is 17.4. The Bertz CT molecular complexity index is 2030. The largest absolute Gasteiger partial charge is 0.478 e. The second kappa shape index (κ2) is 22.3. The first kappa shape index (κ1) is 46.0. The third-order valence-corrected chi connectivity index (χ3v) is 8.67. The first-order chi connectivity index (χ1) is 25.9. The van der Waals surface area contributed by atoms with Crippen LogP contribution in [0, 0.1) is 0 Å². The number of hydrogen-bond acceptors (Lipinski definition) is 10. The fourth-order valence-electron chi connectivity index (χ4n) is 5.53. The number of aromatic carboxylic acids is 1. The lowest BCUT2D eigenvalue weighted by Gasteiger charge is -2.18. The lowest BCUT2D eigenvalue weighted by Crippen LogP contribution is -2.14. The highest BCUT2D eigenvalue weighted by molar-refractivity contribution is 6.02. The minimum absolute atomic E-state index is 0. The standard InChI is InChI=1S/C25H27N3O3.C18H19NO4.2CH4/c1-16(29)19-13-20(24(30)12-17-4-8-22(27-2)9-5-17)15-21(14-19)25(31-26)18-6-10-23(28-3)11-7-18;1-3-13-4-6-17(7-5-13)19-23-11-14-8-15(12(2)20)10-16(9-14)18(21)22;;/h4-11,13-15,25,27-28H,12,26H2,1-3H3;4-10,19H,3,11H2,1-2H3,(H,21,22);2*1H4. The highest BCUT2D eigenvalue weighted by atomic mass is 16.6. The van der Waals surface area contributed by atoms with Gasteiger partial charge in [-0.25, -0.2) is 10.7 Å². The molecule has 0 aromatic heterocycles. The summed E-state index contributed by atoms with van der Waals surface area (Å²) in [5.74, 6) is 4.15. The summed E-state index contributed by atoms with van der Waals surface area (Å²) in [4.78, 5) is 58.4. The number of aryl methyl sites for hydroxylation is 1. The van der Waals surface area contributed by atoms with Crippen molar-refractivity contribution in [3.63, 3.8) is 0 Å². The minimum atomic E-state index is -1.07. The summed E-state index contributed by atoms with van der Waals surface area (Å²) in [6.45, 7) is 5.11. The summed E-state index contributed by atoms with van der Waals surface area (Å²) in [6.07, 6.45) is 0.596. The quantitative estimate of drug-likeness (QED) is 0.0480. The number of Topliss-reactive ketones (excluding diaryl/α,β-unsaturated/α-hetero) is 3. The number of carboxylic acids is 1. The summed E-state index contributed by atoms with van der Waals surface area (Å²) in [5.41, 5.74) is 11.1. The summed E-state index contributed by atoms with van der Waals surface area (Å²) in [7, 11) is 3.68. The maximum atomic E-state index is 13.0. The van der Waals surface area contributed by atoms with E-state index in [0.717, 1.165) is 34.6 Å². The van der Waals surface area contributed by atoms with E-state index in [4.69, 9.17) is 20.7 Å².